The molecule has 0 saturated heterocycles. The molecular weight excluding hydrogens is 425 g/mol. The highest BCUT2D eigenvalue weighted by atomic mass is 32.1. The molecule has 5 nitrogen and oxygen atoms in total. The van der Waals surface area contributed by atoms with E-state index in [1.165, 1.54) is 17.4 Å². The molecule has 1 amide bonds. The minimum Gasteiger partial charge on any atom is -0.302 e. The number of rotatable bonds is 6. The predicted octanol–water partition coefficient (Wildman–Crippen LogP) is 5.12. The van der Waals surface area contributed by atoms with Gasteiger partial charge in [-0.1, -0.05) is 36.4 Å². The third-order valence-corrected chi connectivity index (χ3v) is 5.37. The highest BCUT2D eigenvalue weighted by molar-refractivity contribution is 7.15. The Hall–Kier alpha value is -3.46. The Labute approximate surface area is 180 Å². The van der Waals surface area contributed by atoms with Crippen molar-refractivity contribution in [1.29, 1.82) is 0 Å². The molecule has 2 heterocycles. The topological polar surface area (TPSA) is 59.8 Å². The number of thiazole rings is 1. The van der Waals surface area contributed by atoms with E-state index in [4.69, 9.17) is 0 Å². The van der Waals surface area contributed by atoms with Crippen LogP contribution in [0.5, 0.6) is 0 Å². The van der Waals surface area contributed by atoms with Crippen molar-refractivity contribution in [3.63, 3.8) is 0 Å². The zero-order chi connectivity index (χ0) is 21.8. The largest absolute Gasteiger partial charge is 0.416 e. The predicted molar refractivity (Wildman–Crippen MR) is 112 cm³/mol. The molecule has 0 fully saturated rings. The Kier molecular flexibility index (Phi) is 5.85. The van der Waals surface area contributed by atoms with Crippen LogP contribution in [0.1, 0.15) is 21.6 Å². The summed E-state index contributed by atoms with van der Waals surface area (Å²) in [6, 6.07) is 14.7. The molecule has 2 aromatic carbocycles. The minimum absolute atomic E-state index is 0.134. The first-order chi connectivity index (χ1) is 14.9. The Morgan fingerprint density at radius 1 is 1.03 bits per heavy atom. The van der Waals surface area contributed by atoms with Crippen molar-refractivity contribution in [2.24, 2.45) is 0 Å². The summed E-state index contributed by atoms with van der Waals surface area (Å²) in [6.45, 7) is 0. The summed E-state index contributed by atoms with van der Waals surface area (Å²) in [7, 11) is 0. The summed E-state index contributed by atoms with van der Waals surface area (Å²) in [5.41, 5.74) is 1.50. The number of amides is 1. The van der Waals surface area contributed by atoms with Crippen LogP contribution in [0.25, 0.3) is 5.69 Å². The van der Waals surface area contributed by atoms with E-state index in [1.54, 1.807) is 29.3 Å². The number of anilines is 1. The zero-order valence-electron chi connectivity index (χ0n) is 16.1. The average molecular weight is 442 g/mol. The quantitative estimate of drug-likeness (QED) is 0.451. The number of hydrogen-bond acceptors (Lipinski definition) is 4. The third-order valence-electron chi connectivity index (χ3n) is 4.45. The summed E-state index contributed by atoms with van der Waals surface area (Å²) in [4.78, 5) is 17.3. The number of hydrogen-bond donors (Lipinski definition) is 1. The smallest absolute Gasteiger partial charge is 0.302 e. The number of nitrogens with one attached hydrogen (secondary N) is 1. The summed E-state index contributed by atoms with van der Waals surface area (Å²) in [5.74, 6) is -0.243. The first kappa shape index (κ1) is 20.8. The van der Waals surface area contributed by atoms with Crippen molar-refractivity contribution in [3.8, 4) is 5.69 Å². The lowest BCUT2D eigenvalue weighted by Crippen LogP contribution is -2.13. The maximum absolute atomic E-state index is 12.9. The number of para-hydroxylation sites is 1. The van der Waals surface area contributed by atoms with E-state index in [9.17, 15) is 18.0 Å². The summed E-state index contributed by atoms with van der Waals surface area (Å²) < 4.78 is 40.3. The number of alkyl halides is 3. The van der Waals surface area contributed by atoms with E-state index >= 15 is 0 Å². The second kappa shape index (κ2) is 8.73. The number of aromatic nitrogens is 3. The Balaban J connectivity index is 1.36. The lowest BCUT2D eigenvalue weighted by molar-refractivity contribution is -0.137. The summed E-state index contributed by atoms with van der Waals surface area (Å²) in [6.07, 6.45) is 1.05. The molecule has 0 radical (unpaired) electrons. The first-order valence-corrected chi connectivity index (χ1v) is 10.2. The molecule has 4 rings (SSSR count). The molecule has 0 spiro atoms. The van der Waals surface area contributed by atoms with Gasteiger partial charge in [0.15, 0.2) is 5.13 Å². The van der Waals surface area contributed by atoms with Gasteiger partial charge in [0.1, 0.15) is 0 Å². The lowest BCUT2D eigenvalue weighted by atomic mass is 10.1. The number of nitrogens with zero attached hydrogens (tertiary/aromatic N) is 3. The van der Waals surface area contributed by atoms with Gasteiger partial charge in [0.25, 0.3) is 0 Å². The van der Waals surface area contributed by atoms with E-state index in [0.717, 1.165) is 28.3 Å². The van der Waals surface area contributed by atoms with E-state index < -0.39 is 11.7 Å². The first-order valence-electron chi connectivity index (χ1n) is 9.36. The number of carbonyl (C=O) groups is 1. The van der Waals surface area contributed by atoms with Crippen LogP contribution in [0, 0.1) is 0 Å². The van der Waals surface area contributed by atoms with Crippen LogP contribution in [0.2, 0.25) is 0 Å². The Bertz CT molecular complexity index is 1180. The molecule has 0 aliphatic carbocycles. The van der Waals surface area contributed by atoms with Gasteiger partial charge < -0.3 is 5.32 Å². The third kappa shape index (κ3) is 5.37. The van der Waals surface area contributed by atoms with Crippen LogP contribution in [0.3, 0.4) is 0 Å². The fourth-order valence-corrected chi connectivity index (χ4v) is 3.89. The minimum atomic E-state index is -4.38. The van der Waals surface area contributed by atoms with E-state index in [2.05, 4.69) is 15.4 Å². The van der Waals surface area contributed by atoms with Crippen molar-refractivity contribution in [1.82, 2.24) is 14.8 Å². The van der Waals surface area contributed by atoms with Gasteiger partial charge >= 0.3 is 6.18 Å². The Morgan fingerprint density at radius 3 is 2.61 bits per heavy atom. The van der Waals surface area contributed by atoms with Gasteiger partial charge in [-0.3, -0.25) is 4.79 Å². The van der Waals surface area contributed by atoms with Gasteiger partial charge in [0.05, 0.1) is 23.9 Å². The summed E-state index contributed by atoms with van der Waals surface area (Å²) in [5, 5.41) is 7.40. The summed E-state index contributed by atoms with van der Waals surface area (Å²) >= 11 is 1.24. The van der Waals surface area contributed by atoms with Crippen LogP contribution in [0.4, 0.5) is 18.3 Å². The molecule has 9 heteroatoms. The Morgan fingerprint density at radius 2 is 1.84 bits per heavy atom. The second-order valence-corrected chi connectivity index (χ2v) is 7.98. The molecule has 0 bridgehead atoms. The normalized spacial score (nSPS) is 11.5. The molecule has 0 aliphatic heterocycles. The molecule has 2 aromatic heterocycles. The molecular formula is C22H17F3N4OS. The SMILES string of the molecule is O=C(Cc1cnn(-c2ccccc2)c1)Nc1ncc(Cc2cccc(C(F)(F)F)c2)s1. The van der Waals surface area contributed by atoms with Gasteiger partial charge in [0.2, 0.25) is 5.91 Å². The van der Waals surface area contributed by atoms with Crippen molar-refractivity contribution < 1.29 is 18.0 Å². The molecule has 0 atom stereocenters. The lowest BCUT2D eigenvalue weighted by Gasteiger charge is -2.07. The monoisotopic (exact) mass is 442 g/mol. The maximum atomic E-state index is 12.9. The number of halogens is 3. The van der Waals surface area contributed by atoms with Gasteiger partial charge in [-0.05, 0) is 29.3 Å². The van der Waals surface area contributed by atoms with Crippen LogP contribution < -0.4 is 5.32 Å². The van der Waals surface area contributed by atoms with Crippen LogP contribution in [-0.2, 0) is 23.8 Å². The van der Waals surface area contributed by atoms with Gasteiger partial charge in [-0.15, -0.1) is 11.3 Å². The second-order valence-electron chi connectivity index (χ2n) is 6.86. The van der Waals surface area contributed by atoms with Gasteiger partial charge in [-0.25, -0.2) is 9.67 Å². The molecule has 158 valence electrons. The molecule has 1 N–H and O–H groups in total. The molecule has 0 saturated carbocycles. The highest BCUT2D eigenvalue weighted by Crippen LogP contribution is 2.30. The number of benzene rings is 2. The maximum Gasteiger partial charge on any atom is 0.416 e. The van der Waals surface area contributed by atoms with Crippen molar-refractivity contribution in [2.45, 2.75) is 19.0 Å². The number of carbonyl (C=O) groups excluding carboxylic acids is 1. The van der Waals surface area contributed by atoms with E-state index in [1.807, 2.05) is 30.3 Å². The highest BCUT2D eigenvalue weighted by Gasteiger charge is 2.30. The van der Waals surface area contributed by atoms with Crippen LogP contribution in [0.15, 0.2) is 73.2 Å². The standard InChI is InChI=1S/C22H17F3N4OS/c23-22(24,25)17-6-4-5-15(9-17)10-19-13-26-21(31-19)28-20(30)11-16-12-27-29(14-16)18-7-2-1-3-8-18/h1-9,12-14H,10-11H2,(H,26,28,30). The van der Waals surface area contributed by atoms with Gasteiger partial charge in [-0.2, -0.15) is 18.3 Å². The van der Waals surface area contributed by atoms with E-state index in [-0.39, 0.29) is 12.3 Å². The van der Waals surface area contributed by atoms with Crippen LogP contribution >= 0.6 is 11.3 Å². The van der Waals surface area contributed by atoms with Crippen molar-refractivity contribution >= 4 is 22.4 Å². The fourth-order valence-electron chi connectivity index (χ4n) is 3.03. The van der Waals surface area contributed by atoms with Crippen LogP contribution in [-0.4, -0.2) is 20.7 Å². The fraction of sp³-hybridized carbons (Fsp3) is 0.136. The molecule has 0 aliphatic rings. The van der Waals surface area contributed by atoms with E-state index in [0.29, 0.717) is 17.1 Å². The average Bonchev–Trinajstić information content (AvgIpc) is 3.38. The zero-order valence-corrected chi connectivity index (χ0v) is 17.0. The molecule has 4 aromatic rings. The van der Waals surface area contributed by atoms with Gasteiger partial charge in [0, 0.05) is 23.7 Å². The van der Waals surface area contributed by atoms with Crippen molar-refractivity contribution in [3.05, 3.63) is 94.8 Å². The molecule has 31 heavy (non-hydrogen) atoms. The van der Waals surface area contributed by atoms with Crippen molar-refractivity contribution in [2.75, 3.05) is 5.32 Å². The molecule has 0 unspecified atom stereocenters.